The van der Waals surface area contributed by atoms with E-state index in [1.807, 2.05) is 0 Å². The largest absolute Gasteiger partial charge is 0.506 e. The van der Waals surface area contributed by atoms with Crippen LogP contribution in [0, 0.1) is 0 Å². The number of hydrogen-bond acceptors (Lipinski definition) is 3. The van der Waals surface area contributed by atoms with Crippen LogP contribution in [0.4, 0.5) is 0 Å². The van der Waals surface area contributed by atoms with Gasteiger partial charge in [-0.2, -0.15) is 0 Å². The monoisotopic (exact) mass is 172 g/mol. The summed E-state index contributed by atoms with van der Waals surface area (Å²) in [4.78, 5) is 0. The molecule has 0 aliphatic rings. The molecule has 0 atom stereocenters. The van der Waals surface area contributed by atoms with E-state index < -0.39 is 0 Å². The molecule has 0 saturated heterocycles. The van der Waals surface area contributed by atoms with Crippen molar-refractivity contribution in [1.82, 2.24) is 5.43 Å². The fourth-order valence-corrected chi connectivity index (χ4v) is 1.01. The lowest BCUT2D eigenvalue weighted by Crippen LogP contribution is -2.20. The molecule has 0 radical (unpaired) electrons. The molecule has 0 aliphatic carbocycles. The topological polar surface area (TPSA) is 58.3 Å². The summed E-state index contributed by atoms with van der Waals surface area (Å²) in [5.74, 6) is 5.17. The van der Waals surface area contributed by atoms with Gasteiger partial charge < -0.3 is 5.11 Å². The Morgan fingerprint density at radius 2 is 2.27 bits per heavy atom. The third kappa shape index (κ3) is 1.83. The second-order valence-corrected chi connectivity index (χ2v) is 2.51. The lowest BCUT2D eigenvalue weighted by molar-refractivity contribution is 0.474. The van der Waals surface area contributed by atoms with Gasteiger partial charge in [-0.3, -0.25) is 11.3 Å². The summed E-state index contributed by atoms with van der Waals surface area (Å²) in [6.07, 6.45) is 0. The van der Waals surface area contributed by atoms with Gasteiger partial charge in [0.15, 0.2) is 0 Å². The van der Waals surface area contributed by atoms with Crippen LogP contribution in [0.15, 0.2) is 18.2 Å². The molecule has 60 valence electrons. The van der Waals surface area contributed by atoms with E-state index in [1.54, 1.807) is 12.1 Å². The number of rotatable bonds is 2. The van der Waals surface area contributed by atoms with Gasteiger partial charge in [0, 0.05) is 6.54 Å². The van der Waals surface area contributed by atoms with Crippen molar-refractivity contribution in [2.45, 2.75) is 6.54 Å². The summed E-state index contributed by atoms with van der Waals surface area (Å²) in [6.45, 7) is 0.452. The average Bonchev–Trinajstić information content (AvgIpc) is 1.99. The van der Waals surface area contributed by atoms with Gasteiger partial charge in [-0.05, 0) is 11.6 Å². The minimum Gasteiger partial charge on any atom is -0.506 e. The predicted octanol–water partition coefficient (Wildman–Crippen LogP) is 1.01. The first-order chi connectivity index (χ1) is 5.25. The second kappa shape index (κ2) is 3.57. The van der Waals surface area contributed by atoms with Crippen LogP contribution in [0.1, 0.15) is 5.56 Å². The first kappa shape index (κ1) is 8.33. The molecule has 3 nitrogen and oxygen atoms in total. The normalized spacial score (nSPS) is 10.0. The molecule has 11 heavy (non-hydrogen) atoms. The van der Waals surface area contributed by atoms with Crippen molar-refractivity contribution >= 4 is 11.6 Å². The highest BCUT2D eigenvalue weighted by atomic mass is 35.5. The highest BCUT2D eigenvalue weighted by molar-refractivity contribution is 6.32. The van der Waals surface area contributed by atoms with E-state index in [2.05, 4.69) is 5.43 Å². The molecule has 1 rings (SSSR count). The van der Waals surface area contributed by atoms with E-state index in [4.69, 9.17) is 22.6 Å². The third-order valence-corrected chi connectivity index (χ3v) is 1.79. The lowest BCUT2D eigenvalue weighted by atomic mass is 10.2. The second-order valence-electron chi connectivity index (χ2n) is 2.13. The van der Waals surface area contributed by atoms with Crippen LogP contribution >= 0.6 is 11.6 Å². The zero-order chi connectivity index (χ0) is 8.27. The summed E-state index contributed by atoms with van der Waals surface area (Å²) in [6, 6.07) is 5.04. The minimum absolute atomic E-state index is 0.0828. The number of nitrogens with two attached hydrogens (primary N) is 1. The summed E-state index contributed by atoms with van der Waals surface area (Å²) in [5, 5.41) is 9.48. The van der Waals surface area contributed by atoms with Crippen molar-refractivity contribution in [3.63, 3.8) is 0 Å². The Morgan fingerprint density at radius 3 is 2.91 bits per heavy atom. The molecule has 4 heteroatoms. The van der Waals surface area contributed by atoms with Crippen molar-refractivity contribution in [2.24, 2.45) is 5.84 Å². The summed E-state index contributed by atoms with van der Waals surface area (Å²) in [5.41, 5.74) is 3.24. The van der Waals surface area contributed by atoms with Gasteiger partial charge in [0.05, 0.1) is 5.02 Å². The first-order valence-corrected chi connectivity index (χ1v) is 3.53. The number of phenols is 1. The van der Waals surface area contributed by atoms with Crippen LogP contribution in [0.2, 0.25) is 5.02 Å². The van der Waals surface area contributed by atoms with E-state index in [1.165, 1.54) is 6.07 Å². The number of benzene rings is 1. The number of phenolic OH excluding ortho intramolecular Hbond substituents is 1. The Hall–Kier alpha value is -0.770. The zero-order valence-corrected chi connectivity index (χ0v) is 6.60. The predicted molar refractivity (Wildman–Crippen MR) is 44.1 cm³/mol. The van der Waals surface area contributed by atoms with Gasteiger partial charge >= 0.3 is 0 Å². The average molecular weight is 173 g/mol. The quantitative estimate of drug-likeness (QED) is 0.461. The van der Waals surface area contributed by atoms with Crippen molar-refractivity contribution in [3.8, 4) is 5.75 Å². The smallest absolute Gasteiger partial charge is 0.134 e. The molecule has 1 aromatic carbocycles. The fourth-order valence-electron chi connectivity index (χ4n) is 0.813. The molecule has 0 saturated carbocycles. The number of nitrogens with one attached hydrogen (secondary N) is 1. The molecule has 0 aromatic heterocycles. The molecule has 0 spiro atoms. The van der Waals surface area contributed by atoms with Crippen LogP contribution in [0.5, 0.6) is 5.75 Å². The van der Waals surface area contributed by atoms with Crippen molar-refractivity contribution in [3.05, 3.63) is 28.8 Å². The summed E-state index contributed by atoms with van der Waals surface area (Å²) >= 11 is 5.73. The molecular formula is C7H9ClN2O. The highest BCUT2D eigenvalue weighted by Gasteiger charge is 2.02. The molecule has 4 N–H and O–H groups in total. The molecule has 0 amide bonds. The van der Waals surface area contributed by atoms with E-state index in [0.717, 1.165) is 5.56 Å². The van der Waals surface area contributed by atoms with Gasteiger partial charge in [0.2, 0.25) is 0 Å². The maximum atomic E-state index is 9.13. The summed E-state index contributed by atoms with van der Waals surface area (Å²) < 4.78 is 0. The van der Waals surface area contributed by atoms with Crippen molar-refractivity contribution < 1.29 is 5.11 Å². The molecular weight excluding hydrogens is 164 g/mol. The third-order valence-electron chi connectivity index (χ3n) is 1.35. The van der Waals surface area contributed by atoms with Gasteiger partial charge in [0.1, 0.15) is 5.75 Å². The van der Waals surface area contributed by atoms with Crippen LogP contribution in [0.25, 0.3) is 0 Å². The van der Waals surface area contributed by atoms with Gasteiger partial charge in [-0.1, -0.05) is 23.7 Å². The first-order valence-electron chi connectivity index (χ1n) is 3.15. The van der Waals surface area contributed by atoms with Crippen molar-refractivity contribution in [1.29, 1.82) is 0 Å². The summed E-state index contributed by atoms with van der Waals surface area (Å²) in [7, 11) is 0. The van der Waals surface area contributed by atoms with Crippen molar-refractivity contribution in [2.75, 3.05) is 0 Å². The fraction of sp³-hybridized carbons (Fsp3) is 0.143. The molecule has 1 aromatic rings. The molecule has 0 aliphatic heterocycles. The zero-order valence-electron chi connectivity index (χ0n) is 5.84. The van der Waals surface area contributed by atoms with Gasteiger partial charge in [0.25, 0.3) is 0 Å². The number of aromatic hydroxyl groups is 1. The molecule has 0 bridgehead atoms. The maximum absolute atomic E-state index is 9.13. The van der Waals surface area contributed by atoms with Crippen LogP contribution < -0.4 is 11.3 Å². The molecule has 0 fully saturated rings. The number of hydrogen-bond donors (Lipinski definition) is 3. The maximum Gasteiger partial charge on any atom is 0.134 e. The Bertz CT molecular complexity index is 252. The standard InChI is InChI=1S/C7H9ClN2O/c8-7-5(4-10-9)2-1-3-6(7)11/h1-3,10-11H,4,9H2. The minimum atomic E-state index is 0.0828. The van der Waals surface area contributed by atoms with Crippen LogP contribution in [0.3, 0.4) is 0 Å². The molecule has 0 heterocycles. The van der Waals surface area contributed by atoms with E-state index in [-0.39, 0.29) is 5.75 Å². The van der Waals surface area contributed by atoms with Gasteiger partial charge in [-0.25, -0.2) is 0 Å². The van der Waals surface area contributed by atoms with E-state index >= 15 is 0 Å². The number of halogens is 1. The Balaban J connectivity index is 2.96. The van der Waals surface area contributed by atoms with Crippen LogP contribution in [-0.2, 0) is 6.54 Å². The van der Waals surface area contributed by atoms with Gasteiger partial charge in [-0.15, -0.1) is 0 Å². The Labute approximate surface area is 69.8 Å². The lowest BCUT2D eigenvalue weighted by Gasteiger charge is -2.03. The number of hydrazine groups is 1. The Kier molecular flexibility index (Phi) is 2.70. The van der Waals surface area contributed by atoms with E-state index in [9.17, 15) is 0 Å². The highest BCUT2D eigenvalue weighted by Crippen LogP contribution is 2.26. The van der Waals surface area contributed by atoms with E-state index in [0.29, 0.717) is 11.6 Å². The molecule has 0 unspecified atom stereocenters. The SMILES string of the molecule is NNCc1cccc(O)c1Cl. The Morgan fingerprint density at radius 1 is 1.55 bits per heavy atom. The van der Waals surface area contributed by atoms with Crippen LogP contribution in [-0.4, -0.2) is 5.11 Å².